The van der Waals surface area contributed by atoms with Crippen LogP contribution in [0.25, 0.3) is 11.0 Å². The monoisotopic (exact) mass is 300 g/mol. The molecular weight excluding hydrogens is 288 g/mol. The minimum Gasteiger partial charge on any atom is -0.352 e. The van der Waals surface area contributed by atoms with E-state index in [0.29, 0.717) is 23.6 Å². The van der Waals surface area contributed by atoms with Gasteiger partial charge in [-0.3, -0.25) is 9.78 Å². The van der Waals surface area contributed by atoms with E-state index in [1.165, 1.54) is 6.20 Å². The lowest BCUT2D eigenvalue weighted by Gasteiger charge is -2.05. The number of H-pyrrole nitrogens is 1. The maximum Gasteiger partial charge on any atom is 0.252 e. The molecule has 3 aromatic rings. The van der Waals surface area contributed by atoms with Crippen molar-refractivity contribution in [2.24, 2.45) is 0 Å². The van der Waals surface area contributed by atoms with Crippen LogP contribution in [0.3, 0.4) is 0 Å². The number of aromatic amines is 1. The molecule has 0 atom stereocenters. The van der Waals surface area contributed by atoms with Gasteiger partial charge >= 0.3 is 0 Å². The molecule has 0 radical (unpaired) electrons. The second-order valence-corrected chi connectivity index (χ2v) is 4.97. The Morgan fingerprint density at radius 3 is 2.95 bits per heavy atom. The van der Waals surface area contributed by atoms with E-state index < -0.39 is 0 Å². The van der Waals surface area contributed by atoms with E-state index in [4.69, 9.17) is 11.6 Å². The lowest BCUT2D eigenvalue weighted by atomic mass is 10.2. The average Bonchev–Trinajstić information content (AvgIpc) is 2.90. The lowest BCUT2D eigenvalue weighted by molar-refractivity contribution is 0.0954. The first-order valence-corrected chi connectivity index (χ1v) is 6.93. The molecule has 2 N–H and O–H groups in total. The Bertz CT molecular complexity index is 751. The second kappa shape index (κ2) is 5.93. The molecule has 5 nitrogen and oxygen atoms in total. The van der Waals surface area contributed by atoms with Gasteiger partial charge in [-0.25, -0.2) is 4.98 Å². The SMILES string of the molecule is O=C(NCCc1nc2ccccc2[nH]1)c1ccncc1Cl. The Balaban J connectivity index is 1.61. The average molecular weight is 301 g/mol. The van der Waals surface area contributed by atoms with E-state index >= 15 is 0 Å². The van der Waals surface area contributed by atoms with E-state index in [1.54, 1.807) is 12.3 Å². The van der Waals surface area contributed by atoms with Gasteiger partial charge < -0.3 is 10.3 Å². The van der Waals surface area contributed by atoms with Crippen LogP contribution >= 0.6 is 11.6 Å². The first-order chi connectivity index (χ1) is 10.2. The van der Waals surface area contributed by atoms with Gasteiger partial charge in [-0.1, -0.05) is 23.7 Å². The fraction of sp³-hybridized carbons (Fsp3) is 0.133. The molecule has 0 aliphatic heterocycles. The number of carbonyl (C=O) groups excluding carboxylic acids is 1. The Morgan fingerprint density at radius 2 is 2.14 bits per heavy atom. The molecule has 21 heavy (non-hydrogen) atoms. The van der Waals surface area contributed by atoms with Crippen molar-refractivity contribution < 1.29 is 4.79 Å². The van der Waals surface area contributed by atoms with Gasteiger partial charge in [-0.2, -0.15) is 0 Å². The molecule has 0 aliphatic carbocycles. The van der Waals surface area contributed by atoms with E-state index in [1.807, 2.05) is 24.3 Å². The standard InChI is InChI=1S/C15H13ClN4O/c16-11-9-17-7-5-10(11)15(21)18-8-6-14-19-12-3-1-2-4-13(12)20-14/h1-5,7,9H,6,8H2,(H,18,21)(H,19,20). The molecule has 6 heteroatoms. The van der Waals surface area contributed by atoms with Crippen LogP contribution in [-0.4, -0.2) is 27.4 Å². The molecule has 0 saturated heterocycles. The second-order valence-electron chi connectivity index (χ2n) is 4.56. The van der Waals surface area contributed by atoms with Crippen LogP contribution in [0.2, 0.25) is 5.02 Å². The van der Waals surface area contributed by atoms with Gasteiger partial charge in [0.2, 0.25) is 0 Å². The summed E-state index contributed by atoms with van der Waals surface area (Å²) >= 11 is 5.93. The van der Waals surface area contributed by atoms with E-state index in [9.17, 15) is 4.79 Å². The molecule has 0 saturated carbocycles. The number of hydrogen-bond donors (Lipinski definition) is 2. The first kappa shape index (κ1) is 13.6. The van der Waals surface area contributed by atoms with Gasteiger partial charge in [0.1, 0.15) is 5.82 Å². The van der Waals surface area contributed by atoms with Crippen molar-refractivity contribution in [2.45, 2.75) is 6.42 Å². The van der Waals surface area contributed by atoms with Crippen LogP contribution in [0.5, 0.6) is 0 Å². The zero-order chi connectivity index (χ0) is 14.7. The molecule has 0 aliphatic rings. The summed E-state index contributed by atoms with van der Waals surface area (Å²) in [5.74, 6) is 0.635. The summed E-state index contributed by atoms with van der Waals surface area (Å²) in [6.07, 6.45) is 3.62. The highest BCUT2D eigenvalue weighted by Gasteiger charge is 2.09. The zero-order valence-electron chi connectivity index (χ0n) is 11.1. The van der Waals surface area contributed by atoms with Gasteiger partial charge in [0.15, 0.2) is 0 Å². The molecule has 0 bridgehead atoms. The third-order valence-corrected chi connectivity index (χ3v) is 3.40. The number of imidazole rings is 1. The highest BCUT2D eigenvalue weighted by Crippen LogP contribution is 2.13. The number of carbonyl (C=O) groups is 1. The van der Waals surface area contributed by atoms with Crippen molar-refractivity contribution in [3.63, 3.8) is 0 Å². The highest BCUT2D eigenvalue weighted by atomic mass is 35.5. The van der Waals surface area contributed by atoms with Crippen LogP contribution in [-0.2, 0) is 6.42 Å². The number of nitrogens with one attached hydrogen (secondary N) is 2. The van der Waals surface area contributed by atoms with Gasteiger partial charge in [0.05, 0.1) is 21.6 Å². The van der Waals surface area contributed by atoms with Crippen LogP contribution in [0, 0.1) is 0 Å². The quantitative estimate of drug-likeness (QED) is 0.778. The highest BCUT2D eigenvalue weighted by molar-refractivity contribution is 6.33. The van der Waals surface area contributed by atoms with E-state index in [0.717, 1.165) is 16.9 Å². The van der Waals surface area contributed by atoms with Crippen LogP contribution in [0.1, 0.15) is 16.2 Å². The number of hydrogen-bond acceptors (Lipinski definition) is 3. The van der Waals surface area contributed by atoms with Crippen LogP contribution in [0.4, 0.5) is 0 Å². The van der Waals surface area contributed by atoms with Crippen molar-refractivity contribution in [3.8, 4) is 0 Å². The molecule has 106 valence electrons. The van der Waals surface area contributed by atoms with Crippen LogP contribution in [0.15, 0.2) is 42.7 Å². The minimum absolute atomic E-state index is 0.210. The van der Waals surface area contributed by atoms with Crippen molar-refractivity contribution in [1.82, 2.24) is 20.3 Å². The predicted octanol–water partition coefficient (Wildman–Crippen LogP) is 2.58. The molecule has 0 unspecified atom stereocenters. The number of halogens is 1. The minimum atomic E-state index is -0.210. The number of fused-ring (bicyclic) bond motifs is 1. The third-order valence-electron chi connectivity index (χ3n) is 3.10. The van der Waals surface area contributed by atoms with Crippen molar-refractivity contribution in [2.75, 3.05) is 6.54 Å². The Hall–Kier alpha value is -2.40. The summed E-state index contributed by atoms with van der Waals surface area (Å²) in [4.78, 5) is 23.5. The maximum atomic E-state index is 12.0. The lowest BCUT2D eigenvalue weighted by Crippen LogP contribution is -2.26. The van der Waals surface area contributed by atoms with Crippen molar-refractivity contribution in [3.05, 3.63) is 59.1 Å². The molecule has 1 amide bonds. The first-order valence-electron chi connectivity index (χ1n) is 6.55. The largest absolute Gasteiger partial charge is 0.352 e. The number of aromatic nitrogens is 3. The summed E-state index contributed by atoms with van der Waals surface area (Å²) in [6, 6.07) is 9.42. The van der Waals surface area contributed by atoms with E-state index in [-0.39, 0.29) is 5.91 Å². The summed E-state index contributed by atoms with van der Waals surface area (Å²) in [6.45, 7) is 0.483. The number of amides is 1. The predicted molar refractivity (Wildman–Crippen MR) is 81.4 cm³/mol. The molecular formula is C15H13ClN4O. The van der Waals surface area contributed by atoms with Gasteiger partial charge in [0, 0.05) is 25.4 Å². The molecule has 0 spiro atoms. The fourth-order valence-corrected chi connectivity index (χ4v) is 2.28. The molecule has 2 heterocycles. The van der Waals surface area contributed by atoms with Gasteiger partial charge in [-0.05, 0) is 18.2 Å². The number of para-hydroxylation sites is 2. The summed E-state index contributed by atoms with van der Waals surface area (Å²) < 4.78 is 0. The summed E-state index contributed by atoms with van der Waals surface area (Å²) in [5.41, 5.74) is 2.35. The number of nitrogens with zero attached hydrogens (tertiary/aromatic N) is 2. The fourth-order valence-electron chi connectivity index (χ4n) is 2.07. The van der Waals surface area contributed by atoms with E-state index in [2.05, 4.69) is 20.3 Å². The molecule has 2 aromatic heterocycles. The Labute approximate surface area is 126 Å². The number of pyridine rings is 1. The Morgan fingerprint density at radius 1 is 1.29 bits per heavy atom. The normalized spacial score (nSPS) is 10.7. The molecule has 1 aromatic carbocycles. The number of rotatable bonds is 4. The van der Waals surface area contributed by atoms with Crippen LogP contribution < -0.4 is 5.32 Å². The summed E-state index contributed by atoms with van der Waals surface area (Å²) in [5, 5.41) is 3.17. The Kier molecular flexibility index (Phi) is 3.83. The van der Waals surface area contributed by atoms with Crippen molar-refractivity contribution in [1.29, 1.82) is 0 Å². The smallest absolute Gasteiger partial charge is 0.252 e. The number of benzene rings is 1. The molecule has 3 rings (SSSR count). The third kappa shape index (κ3) is 3.03. The zero-order valence-corrected chi connectivity index (χ0v) is 11.9. The molecule has 0 fully saturated rings. The maximum absolute atomic E-state index is 12.0. The van der Waals surface area contributed by atoms with Crippen molar-refractivity contribution >= 4 is 28.5 Å². The summed E-state index contributed by atoms with van der Waals surface area (Å²) in [7, 11) is 0. The van der Waals surface area contributed by atoms with Gasteiger partial charge in [-0.15, -0.1) is 0 Å². The van der Waals surface area contributed by atoms with Gasteiger partial charge in [0.25, 0.3) is 5.91 Å². The topological polar surface area (TPSA) is 70.7 Å².